The van der Waals surface area contributed by atoms with Crippen molar-refractivity contribution in [1.29, 1.82) is 5.26 Å². The summed E-state index contributed by atoms with van der Waals surface area (Å²) in [5.74, 6) is -0.431. The molecule has 0 radical (unpaired) electrons. The monoisotopic (exact) mass is 431 g/mol. The summed E-state index contributed by atoms with van der Waals surface area (Å²) in [6.45, 7) is 4.01. The highest BCUT2D eigenvalue weighted by Crippen LogP contribution is 2.18. The van der Waals surface area contributed by atoms with Crippen molar-refractivity contribution in [2.24, 2.45) is 0 Å². The Hall–Kier alpha value is -2.33. The average molecular weight is 431 g/mol. The number of halogens is 1. The van der Waals surface area contributed by atoms with Crippen LogP contribution in [0.25, 0.3) is 0 Å². The molecule has 2 rings (SSSR count). The van der Waals surface area contributed by atoms with Gasteiger partial charge in [0.15, 0.2) is 0 Å². The molecule has 5 heteroatoms. The number of aryl methyl sites for hydroxylation is 2. The Bertz CT molecular complexity index is 804. The van der Waals surface area contributed by atoms with E-state index in [4.69, 9.17) is 0 Å². The molecule has 122 valence electrons. The van der Waals surface area contributed by atoms with Crippen molar-refractivity contribution in [1.82, 2.24) is 0 Å². The Balaban J connectivity index is 2.08. The van der Waals surface area contributed by atoms with E-state index in [2.05, 4.69) is 40.1 Å². The third kappa shape index (κ3) is 4.83. The van der Waals surface area contributed by atoms with Gasteiger partial charge in [0.25, 0.3) is 5.91 Å². The molecular weight excluding hydrogens is 413 g/mol. The summed E-state index contributed by atoms with van der Waals surface area (Å²) in [5.41, 5.74) is 3.74. The van der Waals surface area contributed by atoms with Crippen molar-refractivity contribution in [3.8, 4) is 6.07 Å². The quantitative estimate of drug-likeness (QED) is 0.413. The van der Waals surface area contributed by atoms with Crippen LogP contribution in [0.5, 0.6) is 0 Å². The molecule has 0 bridgehead atoms. The molecule has 24 heavy (non-hydrogen) atoms. The first-order valence-corrected chi connectivity index (χ1v) is 8.64. The minimum atomic E-state index is -0.431. The van der Waals surface area contributed by atoms with Gasteiger partial charge >= 0.3 is 0 Å². The molecule has 0 unspecified atom stereocenters. The molecule has 0 spiro atoms. The number of nitrogens with zero attached hydrogens (tertiary/aromatic N) is 1. The number of benzene rings is 2. The van der Waals surface area contributed by atoms with Gasteiger partial charge in [0.05, 0.1) is 0 Å². The number of hydrogen-bond acceptors (Lipinski definition) is 3. The largest absolute Gasteiger partial charge is 0.360 e. The van der Waals surface area contributed by atoms with Crippen molar-refractivity contribution in [3.05, 3.63) is 68.9 Å². The van der Waals surface area contributed by atoms with Crippen LogP contribution < -0.4 is 10.6 Å². The topological polar surface area (TPSA) is 64.9 Å². The van der Waals surface area contributed by atoms with Gasteiger partial charge in [0, 0.05) is 21.1 Å². The van der Waals surface area contributed by atoms with Crippen LogP contribution in [0.3, 0.4) is 0 Å². The summed E-state index contributed by atoms with van der Waals surface area (Å²) < 4.78 is 1.09. The predicted octanol–water partition coefficient (Wildman–Crippen LogP) is 4.62. The fourth-order valence-corrected chi connectivity index (χ4v) is 2.74. The number of carbonyl (C=O) groups excluding carboxylic acids is 1. The lowest BCUT2D eigenvalue weighted by Crippen LogP contribution is -2.15. The van der Waals surface area contributed by atoms with Crippen molar-refractivity contribution >= 4 is 39.9 Å². The molecule has 0 fully saturated rings. The van der Waals surface area contributed by atoms with E-state index in [0.717, 1.165) is 21.2 Å². The maximum atomic E-state index is 12.3. The standard InChI is InChI=1S/C19H18IN3O/c1-3-14-4-7-17(8-5-14)22-12-15(11-21)19(24)23-18-9-6-16(20)10-13(18)2/h4-10,12,22H,3H2,1-2H3,(H,23,24)/b15-12-. The van der Waals surface area contributed by atoms with E-state index in [0.29, 0.717) is 5.69 Å². The van der Waals surface area contributed by atoms with Crippen molar-refractivity contribution < 1.29 is 4.79 Å². The van der Waals surface area contributed by atoms with Crippen LogP contribution in [0.1, 0.15) is 18.1 Å². The number of amides is 1. The molecule has 0 saturated heterocycles. The summed E-state index contributed by atoms with van der Waals surface area (Å²) in [6.07, 6.45) is 2.40. The lowest BCUT2D eigenvalue weighted by molar-refractivity contribution is -0.112. The average Bonchev–Trinajstić information content (AvgIpc) is 2.58. The predicted molar refractivity (Wildman–Crippen MR) is 106 cm³/mol. The van der Waals surface area contributed by atoms with Gasteiger partial charge in [-0.05, 0) is 77.4 Å². The van der Waals surface area contributed by atoms with Gasteiger partial charge < -0.3 is 10.6 Å². The SMILES string of the molecule is CCc1ccc(N/C=C(/C#N)C(=O)Nc2ccc(I)cc2C)cc1. The van der Waals surface area contributed by atoms with Gasteiger partial charge in [-0.2, -0.15) is 5.26 Å². The molecular formula is C19H18IN3O. The molecule has 4 nitrogen and oxygen atoms in total. The van der Waals surface area contributed by atoms with Gasteiger partial charge in [-0.1, -0.05) is 19.1 Å². The molecule has 0 heterocycles. The van der Waals surface area contributed by atoms with Crippen LogP contribution in [0.4, 0.5) is 11.4 Å². The smallest absolute Gasteiger partial charge is 0.267 e. The van der Waals surface area contributed by atoms with Crippen LogP contribution in [-0.4, -0.2) is 5.91 Å². The minimum absolute atomic E-state index is 0.0209. The van der Waals surface area contributed by atoms with E-state index >= 15 is 0 Å². The Labute approximate surface area is 155 Å². The molecule has 2 aromatic rings. The number of carbonyl (C=O) groups is 1. The minimum Gasteiger partial charge on any atom is -0.360 e. The van der Waals surface area contributed by atoms with Crippen LogP contribution >= 0.6 is 22.6 Å². The summed E-state index contributed by atoms with van der Waals surface area (Å²) in [6, 6.07) is 15.5. The van der Waals surface area contributed by atoms with E-state index in [9.17, 15) is 10.1 Å². The molecule has 2 N–H and O–H groups in total. The van der Waals surface area contributed by atoms with Gasteiger partial charge in [-0.3, -0.25) is 4.79 Å². The van der Waals surface area contributed by atoms with Crippen LogP contribution in [0.2, 0.25) is 0 Å². The molecule has 2 aromatic carbocycles. The van der Waals surface area contributed by atoms with Gasteiger partial charge in [0.1, 0.15) is 11.6 Å². The zero-order chi connectivity index (χ0) is 17.5. The second-order valence-electron chi connectivity index (χ2n) is 5.28. The molecule has 0 saturated carbocycles. The zero-order valence-electron chi connectivity index (χ0n) is 13.6. The first-order chi connectivity index (χ1) is 11.5. The molecule has 0 aliphatic heterocycles. The number of anilines is 2. The molecule has 0 atom stereocenters. The van der Waals surface area contributed by atoms with Gasteiger partial charge in [-0.25, -0.2) is 0 Å². The maximum absolute atomic E-state index is 12.3. The molecule has 0 aliphatic carbocycles. The zero-order valence-corrected chi connectivity index (χ0v) is 15.7. The fraction of sp³-hybridized carbons (Fsp3) is 0.158. The molecule has 1 amide bonds. The summed E-state index contributed by atoms with van der Waals surface area (Å²) in [7, 11) is 0. The van der Waals surface area contributed by atoms with Crippen LogP contribution in [-0.2, 0) is 11.2 Å². The first kappa shape index (κ1) is 18.0. The second kappa shape index (κ2) is 8.50. The third-order valence-electron chi connectivity index (χ3n) is 3.55. The molecule has 0 aliphatic rings. The highest BCUT2D eigenvalue weighted by Gasteiger charge is 2.10. The second-order valence-corrected chi connectivity index (χ2v) is 6.52. The number of hydrogen-bond donors (Lipinski definition) is 2. The van der Waals surface area contributed by atoms with Crippen molar-refractivity contribution in [3.63, 3.8) is 0 Å². The maximum Gasteiger partial charge on any atom is 0.267 e. The Kier molecular flexibility index (Phi) is 6.38. The summed E-state index contributed by atoms with van der Waals surface area (Å²) in [5, 5.41) is 15.0. The van der Waals surface area contributed by atoms with E-state index in [-0.39, 0.29) is 5.57 Å². The fourth-order valence-electron chi connectivity index (χ4n) is 2.10. The summed E-state index contributed by atoms with van der Waals surface area (Å²) >= 11 is 2.21. The van der Waals surface area contributed by atoms with E-state index in [1.165, 1.54) is 11.8 Å². The third-order valence-corrected chi connectivity index (χ3v) is 4.22. The Morgan fingerprint density at radius 2 is 1.96 bits per heavy atom. The van der Waals surface area contributed by atoms with Crippen molar-refractivity contribution in [2.75, 3.05) is 10.6 Å². The van der Waals surface area contributed by atoms with Gasteiger partial charge in [-0.15, -0.1) is 0 Å². The van der Waals surface area contributed by atoms with Crippen LogP contribution in [0.15, 0.2) is 54.2 Å². The number of nitriles is 1. The lowest BCUT2D eigenvalue weighted by atomic mass is 10.1. The van der Waals surface area contributed by atoms with E-state index in [1.54, 1.807) is 0 Å². The highest BCUT2D eigenvalue weighted by atomic mass is 127. The number of rotatable bonds is 5. The normalized spacial score (nSPS) is 10.8. The van der Waals surface area contributed by atoms with Crippen molar-refractivity contribution in [2.45, 2.75) is 20.3 Å². The molecule has 0 aromatic heterocycles. The number of nitrogens with one attached hydrogen (secondary N) is 2. The lowest BCUT2D eigenvalue weighted by Gasteiger charge is -2.08. The first-order valence-electron chi connectivity index (χ1n) is 7.56. The Morgan fingerprint density at radius 3 is 2.54 bits per heavy atom. The van der Waals surface area contributed by atoms with Crippen LogP contribution in [0, 0.1) is 21.8 Å². The Morgan fingerprint density at radius 1 is 1.25 bits per heavy atom. The van der Waals surface area contributed by atoms with E-state index in [1.807, 2.05) is 55.5 Å². The summed E-state index contributed by atoms with van der Waals surface area (Å²) in [4.78, 5) is 12.3. The van der Waals surface area contributed by atoms with Gasteiger partial charge in [0.2, 0.25) is 0 Å². The highest BCUT2D eigenvalue weighted by molar-refractivity contribution is 14.1. The van der Waals surface area contributed by atoms with E-state index < -0.39 is 5.91 Å².